The Morgan fingerprint density at radius 2 is 1.62 bits per heavy atom. The maximum absolute atomic E-state index is 12.9. The summed E-state index contributed by atoms with van der Waals surface area (Å²) in [7, 11) is 3.21. The third kappa shape index (κ3) is 3.31. The second-order valence-electron chi connectivity index (χ2n) is 8.35. The Hall–Kier alpha value is -3.39. The van der Waals surface area contributed by atoms with E-state index in [1.54, 1.807) is 14.2 Å². The molecule has 0 aromatic heterocycles. The predicted molar refractivity (Wildman–Crippen MR) is 115 cm³/mol. The van der Waals surface area contributed by atoms with Gasteiger partial charge in [-0.15, -0.1) is 0 Å². The number of ether oxygens (including phenoxy) is 2. The predicted octanol–water partition coefficient (Wildman–Crippen LogP) is 2.56. The van der Waals surface area contributed by atoms with E-state index in [-0.39, 0.29) is 18.8 Å². The fourth-order valence-electron chi connectivity index (χ4n) is 4.66. The van der Waals surface area contributed by atoms with Crippen LogP contribution in [0.4, 0.5) is 4.79 Å². The third-order valence-electron chi connectivity index (χ3n) is 6.41. The highest BCUT2D eigenvalue weighted by Crippen LogP contribution is 2.41. The van der Waals surface area contributed by atoms with Gasteiger partial charge in [0.15, 0.2) is 11.5 Å². The van der Waals surface area contributed by atoms with Gasteiger partial charge in [-0.3, -0.25) is 19.4 Å². The van der Waals surface area contributed by atoms with Crippen LogP contribution in [0.5, 0.6) is 11.5 Å². The Balaban J connectivity index is 1.52. The molecule has 0 radical (unpaired) electrons. The van der Waals surface area contributed by atoms with Gasteiger partial charge in [0, 0.05) is 12.6 Å². The normalized spacial score (nSPS) is 21.2. The molecule has 5 rings (SSSR count). The van der Waals surface area contributed by atoms with Crippen molar-refractivity contribution in [2.45, 2.75) is 31.3 Å². The van der Waals surface area contributed by atoms with Crippen LogP contribution in [0.25, 0.3) is 0 Å². The summed E-state index contributed by atoms with van der Waals surface area (Å²) >= 11 is 0. The number of hydrogen-bond donors (Lipinski definition) is 0. The molecule has 32 heavy (non-hydrogen) atoms. The lowest BCUT2D eigenvalue weighted by molar-refractivity contribution is -0.144. The van der Waals surface area contributed by atoms with Crippen molar-refractivity contribution in [2.75, 3.05) is 27.4 Å². The molecule has 3 aliphatic rings. The number of imide groups is 2. The highest BCUT2D eigenvalue weighted by atomic mass is 16.5. The molecule has 2 aromatic carbocycles. The number of amides is 4. The molecule has 166 valence electrons. The molecule has 0 bridgehead atoms. The number of rotatable bonds is 6. The Labute approximate surface area is 186 Å². The molecule has 1 saturated carbocycles. The number of nitrogens with zero attached hydrogens (tertiary/aromatic N) is 3. The maximum atomic E-state index is 12.9. The van der Waals surface area contributed by atoms with Gasteiger partial charge in [0.05, 0.1) is 26.9 Å². The zero-order valence-electron chi connectivity index (χ0n) is 18.1. The molecule has 0 spiro atoms. The molecule has 1 saturated heterocycles. The third-order valence-corrected chi connectivity index (χ3v) is 6.41. The van der Waals surface area contributed by atoms with E-state index in [1.807, 2.05) is 42.5 Å². The van der Waals surface area contributed by atoms with Crippen LogP contribution in [0.15, 0.2) is 42.5 Å². The van der Waals surface area contributed by atoms with Crippen molar-refractivity contribution in [1.82, 2.24) is 14.7 Å². The smallest absolute Gasteiger partial charge is 0.335 e. The molecular weight excluding hydrogens is 410 g/mol. The molecule has 2 aliphatic heterocycles. The summed E-state index contributed by atoms with van der Waals surface area (Å²) < 4.78 is 11.0. The maximum Gasteiger partial charge on any atom is 0.335 e. The van der Waals surface area contributed by atoms with Gasteiger partial charge in [0.1, 0.15) is 0 Å². The quantitative estimate of drug-likeness (QED) is 0.513. The number of carbonyl (C=O) groups excluding carboxylic acids is 3. The van der Waals surface area contributed by atoms with E-state index in [4.69, 9.17) is 9.47 Å². The lowest BCUT2D eigenvalue weighted by atomic mass is 9.88. The highest BCUT2D eigenvalue weighted by Gasteiger charge is 2.51. The number of urea groups is 1. The van der Waals surface area contributed by atoms with Gasteiger partial charge in [-0.25, -0.2) is 9.69 Å². The fraction of sp³-hybridized carbons (Fsp3) is 0.375. The molecule has 2 aromatic rings. The number of benzene rings is 2. The molecule has 4 amide bonds. The molecule has 2 heterocycles. The SMILES string of the molecule is COc1cc2c(cc1OC)C(c1ccccc1)N(CN1C(=O)C(=O)N(C3CC3)C1=O)CC2. The topological polar surface area (TPSA) is 79.4 Å². The molecule has 2 fully saturated rings. The largest absolute Gasteiger partial charge is 0.493 e. The highest BCUT2D eigenvalue weighted by molar-refractivity contribution is 6.44. The summed E-state index contributed by atoms with van der Waals surface area (Å²) in [5, 5.41) is 0. The van der Waals surface area contributed by atoms with Crippen molar-refractivity contribution in [3.05, 3.63) is 59.2 Å². The first-order chi connectivity index (χ1) is 15.5. The molecule has 1 atom stereocenters. The van der Waals surface area contributed by atoms with E-state index in [2.05, 4.69) is 4.90 Å². The van der Waals surface area contributed by atoms with Crippen molar-refractivity contribution < 1.29 is 23.9 Å². The van der Waals surface area contributed by atoms with Crippen LogP contribution in [-0.2, 0) is 16.0 Å². The first-order valence-corrected chi connectivity index (χ1v) is 10.8. The van der Waals surface area contributed by atoms with Crippen molar-refractivity contribution in [1.29, 1.82) is 0 Å². The minimum atomic E-state index is -0.744. The number of hydrogen-bond acceptors (Lipinski definition) is 6. The van der Waals surface area contributed by atoms with E-state index in [0.717, 1.165) is 45.8 Å². The van der Waals surface area contributed by atoms with Crippen molar-refractivity contribution in [3.63, 3.8) is 0 Å². The average molecular weight is 435 g/mol. The summed E-state index contributed by atoms with van der Waals surface area (Å²) in [6, 6.07) is 13.0. The van der Waals surface area contributed by atoms with Crippen LogP contribution >= 0.6 is 0 Å². The molecule has 1 aliphatic carbocycles. The van der Waals surface area contributed by atoms with E-state index in [1.165, 1.54) is 0 Å². The number of carbonyl (C=O) groups is 3. The van der Waals surface area contributed by atoms with Gasteiger partial charge in [-0.05, 0) is 48.1 Å². The van der Waals surface area contributed by atoms with Crippen molar-refractivity contribution >= 4 is 17.8 Å². The van der Waals surface area contributed by atoms with E-state index in [9.17, 15) is 14.4 Å². The van der Waals surface area contributed by atoms with Crippen molar-refractivity contribution in [2.24, 2.45) is 0 Å². The van der Waals surface area contributed by atoms with E-state index < -0.39 is 17.8 Å². The van der Waals surface area contributed by atoms with Gasteiger partial charge >= 0.3 is 17.8 Å². The van der Waals surface area contributed by atoms with Crippen LogP contribution in [-0.4, -0.2) is 66.0 Å². The van der Waals surface area contributed by atoms with Gasteiger partial charge in [0.25, 0.3) is 0 Å². The molecule has 0 N–H and O–H groups in total. The summed E-state index contributed by atoms with van der Waals surface area (Å²) in [5.74, 6) is -0.163. The standard InChI is InChI=1S/C24H25N3O5/c1-31-19-12-16-10-11-25(14-26-22(28)23(29)27(24(26)30)17-8-9-17)21(15-6-4-3-5-7-15)18(16)13-20(19)32-2/h3-7,12-13,17,21H,8-11,14H2,1-2H3. The summed E-state index contributed by atoms with van der Waals surface area (Å²) in [6.45, 7) is 0.677. The van der Waals surface area contributed by atoms with Gasteiger partial charge in [-0.2, -0.15) is 0 Å². The Kier molecular flexibility index (Phi) is 5.09. The Bertz CT molecular complexity index is 1080. The zero-order chi connectivity index (χ0) is 22.4. The Morgan fingerprint density at radius 3 is 2.28 bits per heavy atom. The summed E-state index contributed by atoms with van der Waals surface area (Å²) in [6.07, 6.45) is 2.25. The van der Waals surface area contributed by atoms with Gasteiger partial charge in [-0.1, -0.05) is 30.3 Å². The summed E-state index contributed by atoms with van der Waals surface area (Å²) in [4.78, 5) is 42.3. The lowest BCUT2D eigenvalue weighted by Gasteiger charge is -2.39. The second-order valence-corrected chi connectivity index (χ2v) is 8.35. The van der Waals surface area contributed by atoms with Crippen LogP contribution in [0.2, 0.25) is 0 Å². The van der Waals surface area contributed by atoms with Crippen LogP contribution < -0.4 is 9.47 Å². The first-order valence-electron chi connectivity index (χ1n) is 10.8. The van der Waals surface area contributed by atoms with E-state index >= 15 is 0 Å². The lowest BCUT2D eigenvalue weighted by Crippen LogP contribution is -2.46. The monoisotopic (exact) mass is 435 g/mol. The zero-order valence-corrected chi connectivity index (χ0v) is 18.1. The van der Waals surface area contributed by atoms with Crippen molar-refractivity contribution in [3.8, 4) is 11.5 Å². The minimum absolute atomic E-state index is 0.0555. The van der Waals surface area contributed by atoms with Crippen LogP contribution in [0.1, 0.15) is 35.6 Å². The Morgan fingerprint density at radius 1 is 0.938 bits per heavy atom. The molecule has 8 heteroatoms. The van der Waals surface area contributed by atoms with Crippen LogP contribution in [0.3, 0.4) is 0 Å². The minimum Gasteiger partial charge on any atom is -0.493 e. The van der Waals surface area contributed by atoms with Gasteiger partial charge < -0.3 is 9.47 Å². The average Bonchev–Trinajstić information content (AvgIpc) is 3.63. The first kappa shape index (κ1) is 20.5. The number of fused-ring (bicyclic) bond motifs is 1. The van der Waals surface area contributed by atoms with Crippen LogP contribution in [0, 0.1) is 0 Å². The second kappa shape index (κ2) is 7.94. The van der Waals surface area contributed by atoms with E-state index in [0.29, 0.717) is 18.0 Å². The van der Waals surface area contributed by atoms with Gasteiger partial charge in [0.2, 0.25) is 0 Å². The molecule has 8 nitrogen and oxygen atoms in total. The molecular formula is C24H25N3O5. The molecule has 1 unspecified atom stereocenters. The fourth-order valence-corrected chi connectivity index (χ4v) is 4.66. The number of methoxy groups -OCH3 is 2. The summed E-state index contributed by atoms with van der Waals surface area (Å²) in [5.41, 5.74) is 3.19.